The lowest BCUT2D eigenvalue weighted by molar-refractivity contribution is -0.972. The number of nitrogens with one attached hydrogen (secondary N) is 2. The predicted molar refractivity (Wildman–Crippen MR) is 130 cm³/mol. The van der Waals surface area contributed by atoms with Crippen LogP contribution >= 0.6 is 0 Å². The van der Waals surface area contributed by atoms with Crippen molar-refractivity contribution in [1.82, 2.24) is 0 Å². The van der Waals surface area contributed by atoms with Gasteiger partial charge in [-0.25, -0.2) is 0 Å². The van der Waals surface area contributed by atoms with Crippen LogP contribution in [0, 0.1) is 0 Å². The molecule has 2 N–H and O–H groups in total. The van der Waals surface area contributed by atoms with Gasteiger partial charge in [0, 0.05) is 11.3 Å². The summed E-state index contributed by atoms with van der Waals surface area (Å²) >= 11 is 0. The topological polar surface area (TPSA) is 41.1 Å². The Hall–Kier alpha value is -3.11. The Morgan fingerprint density at radius 2 is 1.26 bits per heavy atom. The molecule has 0 spiro atoms. The molecule has 162 valence electrons. The largest absolute Gasteiger partial charge is 0.354 e. The fourth-order valence-corrected chi connectivity index (χ4v) is 4.14. The highest BCUT2D eigenvalue weighted by Gasteiger charge is 2.37. The number of para-hydroxylation sites is 3. The molecule has 0 aliphatic heterocycles. The summed E-state index contributed by atoms with van der Waals surface area (Å²) in [5.41, 5.74) is 3.92. The number of quaternary nitrogens is 1. The van der Waals surface area contributed by atoms with E-state index < -0.39 is 0 Å². The molecule has 0 aliphatic carbocycles. The van der Waals surface area contributed by atoms with Gasteiger partial charge < -0.3 is 15.1 Å². The van der Waals surface area contributed by atoms with E-state index in [0.29, 0.717) is 23.1 Å². The maximum atomic E-state index is 13.3. The van der Waals surface area contributed by atoms with Crippen LogP contribution < -0.4 is 10.6 Å². The van der Waals surface area contributed by atoms with Crippen LogP contribution in [0.5, 0.6) is 0 Å². The van der Waals surface area contributed by atoms with Crippen molar-refractivity contribution in [3.8, 4) is 0 Å². The van der Waals surface area contributed by atoms with Gasteiger partial charge in [0.2, 0.25) is 0 Å². The van der Waals surface area contributed by atoms with E-state index in [9.17, 15) is 4.79 Å². The number of carbonyl (C=O) groups excluding carboxylic acids is 1. The number of amides is 1. The molecule has 4 heteroatoms. The highest BCUT2D eigenvalue weighted by atomic mass is 16.2. The van der Waals surface area contributed by atoms with Crippen LogP contribution in [0.25, 0.3) is 0 Å². The number of benzene rings is 3. The molecule has 0 heterocycles. The molecule has 0 saturated heterocycles. The molecular weight excluding hydrogens is 382 g/mol. The van der Waals surface area contributed by atoms with Crippen molar-refractivity contribution in [3.63, 3.8) is 0 Å². The van der Waals surface area contributed by atoms with E-state index in [-0.39, 0.29) is 5.91 Å². The van der Waals surface area contributed by atoms with Crippen LogP contribution in [0.3, 0.4) is 0 Å². The molecule has 0 atom stereocenters. The molecule has 0 radical (unpaired) electrons. The first-order chi connectivity index (χ1) is 14.9. The molecule has 4 nitrogen and oxygen atoms in total. The van der Waals surface area contributed by atoms with Crippen molar-refractivity contribution in [2.24, 2.45) is 0 Å². The quantitative estimate of drug-likeness (QED) is 0.408. The summed E-state index contributed by atoms with van der Waals surface area (Å²) in [5, 5.41) is 6.57. The van der Waals surface area contributed by atoms with Crippen molar-refractivity contribution in [1.29, 1.82) is 0 Å². The summed E-state index contributed by atoms with van der Waals surface area (Å²) in [6, 6.07) is 28.9. The first-order valence-electron chi connectivity index (χ1n) is 11.0. The molecule has 3 aromatic rings. The van der Waals surface area contributed by atoms with Crippen LogP contribution in [0.15, 0.2) is 84.9 Å². The fraction of sp³-hybridized carbons (Fsp3) is 0.296. The molecule has 1 amide bonds. The first-order valence-corrected chi connectivity index (χ1v) is 11.0. The van der Waals surface area contributed by atoms with E-state index in [2.05, 4.69) is 62.6 Å². The zero-order valence-electron chi connectivity index (χ0n) is 19.0. The van der Waals surface area contributed by atoms with Gasteiger partial charge in [0.15, 0.2) is 6.54 Å². The second-order valence-electron chi connectivity index (χ2n) is 8.68. The van der Waals surface area contributed by atoms with Crippen LogP contribution in [0.2, 0.25) is 0 Å². The van der Waals surface area contributed by atoms with Gasteiger partial charge in [-0.1, -0.05) is 60.7 Å². The number of anilines is 3. The molecule has 31 heavy (non-hydrogen) atoms. The summed E-state index contributed by atoms with van der Waals surface area (Å²) in [7, 11) is 0. The molecule has 0 fully saturated rings. The molecule has 0 aliphatic rings. The number of hydrogen-bond donors (Lipinski definition) is 2. The van der Waals surface area contributed by atoms with Crippen LogP contribution in [-0.4, -0.2) is 29.0 Å². The summed E-state index contributed by atoms with van der Waals surface area (Å²) in [6.45, 7) is 10.1. The number of rotatable bonds is 9. The summed E-state index contributed by atoms with van der Waals surface area (Å²) in [4.78, 5) is 13.3. The van der Waals surface area contributed by atoms with Crippen molar-refractivity contribution in [3.05, 3.63) is 90.5 Å². The minimum absolute atomic E-state index is 0.0284. The normalized spacial score (nSPS) is 11.5. The first kappa shape index (κ1) is 22.6. The van der Waals surface area contributed by atoms with E-state index in [1.54, 1.807) is 0 Å². The lowest BCUT2D eigenvalue weighted by Crippen LogP contribution is -2.60. The molecule has 0 unspecified atom stereocenters. The van der Waals surface area contributed by atoms with Crippen LogP contribution in [0.1, 0.15) is 33.3 Å². The predicted octanol–water partition coefficient (Wildman–Crippen LogP) is 6.20. The number of hydrogen-bond acceptors (Lipinski definition) is 2. The Labute approximate surface area is 186 Å². The summed E-state index contributed by atoms with van der Waals surface area (Å²) in [6.07, 6.45) is 0. The standard InChI is InChI=1S/C27H33N3O/c1-21(2)30(22(3)4,19-23-13-7-5-8-14-23)20-27(31)29-26-18-12-11-17-25(26)28-24-15-9-6-10-16-24/h5-18,21-22,28H,19-20H2,1-4H3/p+1. The highest BCUT2D eigenvalue weighted by molar-refractivity contribution is 5.95. The smallest absolute Gasteiger partial charge is 0.279 e. The third-order valence-electron chi connectivity index (χ3n) is 6.07. The maximum absolute atomic E-state index is 13.3. The van der Waals surface area contributed by atoms with Crippen LogP contribution in [0.4, 0.5) is 17.1 Å². The molecule has 0 bridgehead atoms. The molecule has 0 aromatic heterocycles. The maximum Gasteiger partial charge on any atom is 0.279 e. The van der Waals surface area contributed by atoms with Crippen molar-refractivity contribution >= 4 is 23.0 Å². The zero-order valence-corrected chi connectivity index (χ0v) is 19.0. The van der Waals surface area contributed by atoms with Gasteiger partial charge in [0.25, 0.3) is 5.91 Å². The second kappa shape index (κ2) is 10.3. The summed E-state index contributed by atoms with van der Waals surface area (Å²) < 4.78 is 0.699. The minimum Gasteiger partial charge on any atom is -0.354 e. The van der Waals surface area contributed by atoms with E-state index >= 15 is 0 Å². The Morgan fingerprint density at radius 3 is 1.84 bits per heavy atom. The van der Waals surface area contributed by atoms with Crippen molar-refractivity contribution in [2.75, 3.05) is 17.2 Å². The van der Waals surface area contributed by atoms with Crippen LogP contribution in [-0.2, 0) is 11.3 Å². The van der Waals surface area contributed by atoms with Gasteiger partial charge >= 0.3 is 0 Å². The fourth-order valence-electron chi connectivity index (χ4n) is 4.14. The Balaban J connectivity index is 1.80. The average Bonchev–Trinajstić information content (AvgIpc) is 2.76. The van der Waals surface area contributed by atoms with Gasteiger partial charge in [-0.3, -0.25) is 4.79 Å². The molecule has 0 saturated carbocycles. The molecule has 3 rings (SSSR count). The minimum atomic E-state index is 0.0284. The monoisotopic (exact) mass is 416 g/mol. The lowest BCUT2D eigenvalue weighted by Gasteiger charge is -2.45. The van der Waals surface area contributed by atoms with Gasteiger partial charge in [-0.2, -0.15) is 0 Å². The molecular formula is C27H34N3O+. The Morgan fingerprint density at radius 1 is 0.742 bits per heavy atom. The average molecular weight is 417 g/mol. The summed E-state index contributed by atoms with van der Waals surface area (Å²) in [5.74, 6) is 0.0284. The van der Waals surface area contributed by atoms with Gasteiger partial charge in [-0.15, -0.1) is 0 Å². The lowest BCUT2D eigenvalue weighted by atomic mass is 10.1. The van der Waals surface area contributed by atoms with Crippen molar-refractivity contribution in [2.45, 2.75) is 46.3 Å². The Kier molecular flexibility index (Phi) is 7.48. The van der Waals surface area contributed by atoms with E-state index in [0.717, 1.165) is 23.6 Å². The SMILES string of the molecule is CC(C)[N+](CC(=O)Nc1ccccc1Nc1ccccc1)(Cc1ccccc1)C(C)C. The third kappa shape index (κ3) is 5.74. The number of nitrogens with zero attached hydrogens (tertiary/aromatic N) is 1. The third-order valence-corrected chi connectivity index (χ3v) is 6.07. The second-order valence-corrected chi connectivity index (χ2v) is 8.68. The molecule has 3 aromatic carbocycles. The van der Waals surface area contributed by atoms with Gasteiger partial charge in [0.05, 0.1) is 23.5 Å². The Bertz CT molecular complexity index is 960. The van der Waals surface area contributed by atoms with Gasteiger partial charge in [0.1, 0.15) is 6.54 Å². The van der Waals surface area contributed by atoms with E-state index in [4.69, 9.17) is 0 Å². The van der Waals surface area contributed by atoms with E-state index in [1.165, 1.54) is 5.56 Å². The zero-order chi connectivity index (χ0) is 22.3. The highest BCUT2D eigenvalue weighted by Crippen LogP contribution is 2.27. The van der Waals surface area contributed by atoms with Crippen molar-refractivity contribution < 1.29 is 9.28 Å². The van der Waals surface area contributed by atoms with Gasteiger partial charge in [-0.05, 0) is 52.0 Å². The number of carbonyl (C=O) groups is 1. The van der Waals surface area contributed by atoms with E-state index in [1.807, 2.05) is 60.7 Å².